The van der Waals surface area contributed by atoms with Gasteiger partial charge in [-0.15, -0.1) is 0 Å². The summed E-state index contributed by atoms with van der Waals surface area (Å²) in [6, 6.07) is 14.9. The summed E-state index contributed by atoms with van der Waals surface area (Å²) in [7, 11) is -3.93. The van der Waals surface area contributed by atoms with Gasteiger partial charge >= 0.3 is 0 Å². The highest BCUT2D eigenvalue weighted by molar-refractivity contribution is 7.89. The molecule has 10 nitrogen and oxygen atoms in total. The zero-order valence-corrected chi connectivity index (χ0v) is 18.9. The monoisotopic (exact) mass is 475 g/mol. The van der Waals surface area contributed by atoms with E-state index in [0.717, 1.165) is 5.56 Å². The number of nitrogens with zero attached hydrogens (tertiary/aromatic N) is 3. The van der Waals surface area contributed by atoms with Gasteiger partial charge in [-0.25, -0.2) is 23.5 Å². The van der Waals surface area contributed by atoms with Gasteiger partial charge in [0, 0.05) is 41.0 Å². The molecule has 0 spiro atoms. The number of benzene rings is 2. The molecule has 6 N–H and O–H groups in total. The average molecular weight is 476 g/mol. The number of amidine groups is 1. The first kappa shape index (κ1) is 22.8. The van der Waals surface area contributed by atoms with Gasteiger partial charge in [-0.2, -0.15) is 0 Å². The largest absolute Gasteiger partial charge is 0.384 e. The van der Waals surface area contributed by atoms with E-state index in [2.05, 4.69) is 15.3 Å². The molecule has 4 rings (SSSR count). The molecule has 2 aromatic heterocycles. The van der Waals surface area contributed by atoms with Gasteiger partial charge in [0.2, 0.25) is 16.0 Å². The fourth-order valence-corrected chi connectivity index (χ4v) is 4.22. The Morgan fingerprint density at radius 3 is 2.44 bits per heavy atom. The zero-order chi connectivity index (χ0) is 24.5. The summed E-state index contributed by atoms with van der Waals surface area (Å²) in [6.45, 7) is 1.86. The minimum Gasteiger partial charge on any atom is -0.384 e. The van der Waals surface area contributed by atoms with Gasteiger partial charge in [0.15, 0.2) is 0 Å². The predicted octanol–water partition coefficient (Wildman–Crippen LogP) is 2.43. The van der Waals surface area contributed by atoms with Gasteiger partial charge in [-0.1, -0.05) is 30.3 Å². The fourth-order valence-electron chi connectivity index (χ4n) is 3.46. The number of sulfonamides is 1. The van der Waals surface area contributed by atoms with Crippen LogP contribution in [-0.2, 0) is 10.0 Å². The summed E-state index contributed by atoms with van der Waals surface area (Å²) < 4.78 is 25.4. The van der Waals surface area contributed by atoms with Crippen LogP contribution < -0.4 is 16.2 Å². The predicted molar refractivity (Wildman–Crippen MR) is 128 cm³/mol. The molecule has 0 saturated heterocycles. The number of nitrogen functional groups attached to an aromatic ring is 1. The Morgan fingerprint density at radius 1 is 1.06 bits per heavy atom. The van der Waals surface area contributed by atoms with Crippen LogP contribution in [0.3, 0.4) is 0 Å². The summed E-state index contributed by atoms with van der Waals surface area (Å²) in [5.41, 5.74) is 8.78. The highest BCUT2D eigenvalue weighted by Crippen LogP contribution is 2.26. The first-order valence-electron chi connectivity index (χ1n) is 10.0. The van der Waals surface area contributed by atoms with E-state index >= 15 is 0 Å². The van der Waals surface area contributed by atoms with Crippen LogP contribution >= 0.6 is 0 Å². The van der Waals surface area contributed by atoms with Crippen LogP contribution in [0.15, 0.2) is 78.1 Å². The molecule has 0 fully saturated rings. The molecule has 172 valence electrons. The lowest BCUT2D eigenvalue weighted by Gasteiger charge is -2.11. The fraction of sp³-hybridized carbons (Fsp3) is 0.0435. The molecule has 0 radical (unpaired) electrons. The standard InChI is InChI=1S/C23H21N7O3S/c1-14-9-19(30(13-14)17-6-4-5-15(10-17)21(24)25)22(31)29-23-27-11-16(12-28-23)18-7-2-3-8-20(18)34(26,32)33/h2-13H,1H3,(H3,24,25)(H2,26,32,33)(H,27,28,29,31). The number of aryl methyl sites for hydroxylation is 1. The lowest BCUT2D eigenvalue weighted by molar-refractivity contribution is 0.101. The summed E-state index contributed by atoms with van der Waals surface area (Å²) in [5.74, 6) is -0.474. The second-order valence-electron chi connectivity index (χ2n) is 7.53. The number of amides is 1. The van der Waals surface area contributed by atoms with Gasteiger partial charge < -0.3 is 10.3 Å². The summed E-state index contributed by atoms with van der Waals surface area (Å²) in [5, 5.41) is 15.6. The quantitative estimate of drug-likeness (QED) is 0.246. The molecule has 0 saturated carbocycles. The van der Waals surface area contributed by atoms with Crippen LogP contribution in [0.1, 0.15) is 21.6 Å². The summed E-state index contributed by atoms with van der Waals surface area (Å²) >= 11 is 0. The van der Waals surface area contributed by atoms with Crippen molar-refractivity contribution in [1.82, 2.24) is 14.5 Å². The number of anilines is 1. The van der Waals surface area contributed by atoms with E-state index in [1.165, 1.54) is 18.5 Å². The second kappa shape index (κ2) is 8.89. The molecule has 34 heavy (non-hydrogen) atoms. The number of carbonyl (C=O) groups is 1. The third-order valence-electron chi connectivity index (χ3n) is 5.01. The Labute approximate surface area is 195 Å². The van der Waals surface area contributed by atoms with E-state index in [-0.39, 0.29) is 16.7 Å². The van der Waals surface area contributed by atoms with E-state index in [4.69, 9.17) is 16.3 Å². The first-order chi connectivity index (χ1) is 16.1. The van der Waals surface area contributed by atoms with Crippen molar-refractivity contribution in [2.45, 2.75) is 11.8 Å². The number of hydrogen-bond acceptors (Lipinski definition) is 6. The molecule has 0 aliphatic rings. The maximum absolute atomic E-state index is 13.0. The summed E-state index contributed by atoms with van der Waals surface area (Å²) in [6.07, 6.45) is 4.61. The number of rotatable bonds is 6. The average Bonchev–Trinajstić information content (AvgIpc) is 3.21. The van der Waals surface area contributed by atoms with Crippen LogP contribution in [0.2, 0.25) is 0 Å². The van der Waals surface area contributed by atoms with Crippen molar-refractivity contribution in [3.63, 3.8) is 0 Å². The maximum atomic E-state index is 13.0. The van der Waals surface area contributed by atoms with Crippen LogP contribution in [-0.4, -0.2) is 34.7 Å². The maximum Gasteiger partial charge on any atom is 0.275 e. The molecule has 2 heterocycles. The first-order valence-corrected chi connectivity index (χ1v) is 11.6. The highest BCUT2D eigenvalue weighted by atomic mass is 32.2. The minimum absolute atomic E-state index is 0.0449. The van der Waals surface area contributed by atoms with E-state index in [9.17, 15) is 13.2 Å². The van der Waals surface area contributed by atoms with Crippen LogP contribution in [0.5, 0.6) is 0 Å². The number of hydrogen-bond donors (Lipinski definition) is 4. The normalized spacial score (nSPS) is 11.2. The van der Waals surface area contributed by atoms with Crippen LogP contribution in [0.25, 0.3) is 16.8 Å². The Balaban J connectivity index is 1.61. The van der Waals surface area contributed by atoms with Gasteiger partial charge in [0.05, 0.1) is 4.90 Å². The molecule has 2 aromatic carbocycles. The molecule has 0 bridgehead atoms. The molecular formula is C23H21N7O3S. The minimum atomic E-state index is -3.93. The Kier molecular flexibility index (Phi) is 5.97. The van der Waals surface area contributed by atoms with Gasteiger partial charge in [-0.3, -0.25) is 15.5 Å². The van der Waals surface area contributed by atoms with Crippen LogP contribution in [0, 0.1) is 12.3 Å². The van der Waals surface area contributed by atoms with Crippen molar-refractivity contribution >= 4 is 27.7 Å². The number of nitrogens with one attached hydrogen (secondary N) is 2. The Hall–Kier alpha value is -4.35. The van der Waals surface area contributed by atoms with Crippen molar-refractivity contribution in [1.29, 1.82) is 5.41 Å². The van der Waals surface area contributed by atoms with Crippen molar-refractivity contribution in [2.75, 3.05) is 5.32 Å². The lowest BCUT2D eigenvalue weighted by atomic mass is 10.1. The smallest absolute Gasteiger partial charge is 0.275 e. The second-order valence-corrected chi connectivity index (χ2v) is 9.06. The Bertz CT molecular complexity index is 1510. The lowest BCUT2D eigenvalue weighted by Crippen LogP contribution is -2.18. The molecule has 0 atom stereocenters. The summed E-state index contributed by atoms with van der Waals surface area (Å²) in [4.78, 5) is 21.3. The van der Waals surface area contributed by atoms with E-state index in [1.807, 2.05) is 6.92 Å². The third kappa shape index (κ3) is 4.70. The molecule has 0 aliphatic carbocycles. The number of aromatic nitrogens is 3. The SMILES string of the molecule is Cc1cc(C(=O)Nc2ncc(-c3ccccc3S(N)(=O)=O)cn2)n(-c2cccc(C(=N)N)c2)c1. The van der Waals surface area contributed by atoms with Crippen LogP contribution in [0.4, 0.5) is 5.95 Å². The molecule has 11 heteroatoms. The molecular weight excluding hydrogens is 454 g/mol. The van der Waals surface area contributed by atoms with E-state index in [0.29, 0.717) is 28.1 Å². The van der Waals surface area contributed by atoms with Gasteiger partial charge in [0.25, 0.3) is 5.91 Å². The zero-order valence-electron chi connectivity index (χ0n) is 18.1. The number of carbonyl (C=O) groups excluding carboxylic acids is 1. The highest BCUT2D eigenvalue weighted by Gasteiger charge is 2.18. The van der Waals surface area contributed by atoms with Gasteiger partial charge in [0.1, 0.15) is 11.5 Å². The van der Waals surface area contributed by atoms with Crippen molar-refractivity contribution < 1.29 is 13.2 Å². The molecule has 1 amide bonds. The van der Waals surface area contributed by atoms with Gasteiger partial charge in [-0.05, 0) is 36.8 Å². The number of nitrogens with two attached hydrogens (primary N) is 2. The number of primary sulfonamides is 1. The third-order valence-corrected chi connectivity index (χ3v) is 5.98. The molecule has 4 aromatic rings. The topological polar surface area (TPSA) is 170 Å². The molecule has 0 aliphatic heterocycles. The van der Waals surface area contributed by atoms with E-state index in [1.54, 1.807) is 59.3 Å². The van der Waals surface area contributed by atoms with Crippen molar-refractivity contribution in [3.8, 4) is 16.8 Å². The van der Waals surface area contributed by atoms with E-state index < -0.39 is 15.9 Å². The van der Waals surface area contributed by atoms with Crippen molar-refractivity contribution in [3.05, 3.63) is 90.0 Å². The van der Waals surface area contributed by atoms with Crippen molar-refractivity contribution in [2.24, 2.45) is 10.9 Å². The molecule has 0 unspecified atom stereocenters. The Morgan fingerprint density at radius 2 is 1.76 bits per heavy atom.